The molecule has 140 valence electrons. The van der Waals surface area contributed by atoms with Gasteiger partial charge in [0.1, 0.15) is 5.75 Å². The SMILES string of the molecule is COC(=O)c1ccccc1NC(=O)[C@H]1CC(=O)N(c2ccccc2OC)C1. The number of ether oxygens (including phenoxy) is 2. The van der Waals surface area contributed by atoms with Crippen LogP contribution in [0.1, 0.15) is 16.8 Å². The molecule has 2 amide bonds. The zero-order valence-corrected chi connectivity index (χ0v) is 15.1. The van der Waals surface area contributed by atoms with E-state index in [1.165, 1.54) is 14.2 Å². The van der Waals surface area contributed by atoms with Gasteiger partial charge in [-0.2, -0.15) is 0 Å². The number of carbonyl (C=O) groups excluding carboxylic acids is 3. The van der Waals surface area contributed by atoms with Crippen LogP contribution in [0.2, 0.25) is 0 Å². The lowest BCUT2D eigenvalue weighted by molar-refractivity contribution is -0.122. The van der Waals surface area contributed by atoms with Gasteiger partial charge in [0.2, 0.25) is 11.8 Å². The molecule has 1 aliphatic rings. The molecular formula is C20H20N2O5. The van der Waals surface area contributed by atoms with Crippen molar-refractivity contribution in [3.05, 3.63) is 54.1 Å². The molecule has 1 saturated heterocycles. The van der Waals surface area contributed by atoms with Crippen molar-refractivity contribution in [2.45, 2.75) is 6.42 Å². The molecule has 0 aliphatic carbocycles. The molecule has 27 heavy (non-hydrogen) atoms. The van der Waals surface area contributed by atoms with Crippen molar-refractivity contribution in [1.29, 1.82) is 0 Å². The number of nitrogens with zero attached hydrogens (tertiary/aromatic N) is 1. The fourth-order valence-corrected chi connectivity index (χ4v) is 3.08. The molecule has 0 radical (unpaired) electrons. The Kier molecular flexibility index (Phi) is 5.40. The van der Waals surface area contributed by atoms with E-state index < -0.39 is 11.9 Å². The van der Waals surface area contributed by atoms with Gasteiger partial charge in [-0.15, -0.1) is 0 Å². The lowest BCUT2D eigenvalue weighted by Gasteiger charge is -2.19. The van der Waals surface area contributed by atoms with Gasteiger partial charge in [0.05, 0.1) is 37.1 Å². The van der Waals surface area contributed by atoms with Crippen LogP contribution in [0.25, 0.3) is 0 Å². The highest BCUT2D eigenvalue weighted by Gasteiger charge is 2.36. The van der Waals surface area contributed by atoms with Gasteiger partial charge in [-0.05, 0) is 24.3 Å². The van der Waals surface area contributed by atoms with Crippen molar-refractivity contribution in [2.75, 3.05) is 31.0 Å². The second kappa shape index (κ2) is 7.90. The molecule has 0 unspecified atom stereocenters. The Morgan fingerprint density at radius 2 is 1.78 bits per heavy atom. The second-order valence-corrected chi connectivity index (χ2v) is 6.10. The molecule has 1 N–H and O–H groups in total. The van der Waals surface area contributed by atoms with Crippen LogP contribution in [0, 0.1) is 5.92 Å². The minimum absolute atomic E-state index is 0.0876. The number of amides is 2. The third-order valence-corrected chi connectivity index (χ3v) is 4.46. The summed E-state index contributed by atoms with van der Waals surface area (Å²) < 4.78 is 10.0. The summed E-state index contributed by atoms with van der Waals surface area (Å²) in [6, 6.07) is 13.8. The quantitative estimate of drug-likeness (QED) is 0.820. The lowest BCUT2D eigenvalue weighted by atomic mass is 10.1. The summed E-state index contributed by atoms with van der Waals surface area (Å²) >= 11 is 0. The van der Waals surface area contributed by atoms with E-state index in [9.17, 15) is 14.4 Å². The van der Waals surface area contributed by atoms with Gasteiger partial charge in [-0.1, -0.05) is 24.3 Å². The average Bonchev–Trinajstić information content (AvgIpc) is 3.09. The monoisotopic (exact) mass is 368 g/mol. The molecule has 0 spiro atoms. The number of nitrogens with one attached hydrogen (secondary N) is 1. The van der Waals surface area contributed by atoms with E-state index in [4.69, 9.17) is 9.47 Å². The maximum Gasteiger partial charge on any atom is 0.339 e. The summed E-state index contributed by atoms with van der Waals surface area (Å²) in [4.78, 5) is 38.5. The fraction of sp³-hybridized carbons (Fsp3) is 0.250. The van der Waals surface area contributed by atoms with Crippen molar-refractivity contribution in [1.82, 2.24) is 0 Å². The minimum Gasteiger partial charge on any atom is -0.495 e. The van der Waals surface area contributed by atoms with Crippen molar-refractivity contribution in [2.24, 2.45) is 5.92 Å². The maximum absolute atomic E-state index is 12.7. The first kappa shape index (κ1) is 18.4. The highest BCUT2D eigenvalue weighted by Crippen LogP contribution is 2.33. The fourth-order valence-electron chi connectivity index (χ4n) is 3.08. The van der Waals surface area contributed by atoms with E-state index in [1.807, 2.05) is 12.1 Å². The van der Waals surface area contributed by atoms with E-state index in [-0.39, 0.29) is 30.3 Å². The molecule has 1 aliphatic heterocycles. The largest absolute Gasteiger partial charge is 0.495 e. The van der Waals surface area contributed by atoms with Gasteiger partial charge < -0.3 is 19.7 Å². The Balaban J connectivity index is 1.76. The maximum atomic E-state index is 12.7. The molecule has 0 aromatic heterocycles. The molecule has 0 bridgehead atoms. The summed E-state index contributed by atoms with van der Waals surface area (Å²) in [5.74, 6) is -0.974. The van der Waals surface area contributed by atoms with Crippen LogP contribution in [-0.4, -0.2) is 38.5 Å². The molecule has 7 heteroatoms. The average molecular weight is 368 g/mol. The first-order chi connectivity index (χ1) is 13.0. The molecule has 2 aromatic carbocycles. The van der Waals surface area contributed by atoms with E-state index >= 15 is 0 Å². The number of hydrogen-bond acceptors (Lipinski definition) is 5. The number of hydrogen-bond donors (Lipinski definition) is 1. The number of para-hydroxylation sites is 3. The topological polar surface area (TPSA) is 84.9 Å². The van der Waals surface area contributed by atoms with Crippen molar-refractivity contribution >= 4 is 29.2 Å². The van der Waals surface area contributed by atoms with Gasteiger partial charge in [-0.25, -0.2) is 4.79 Å². The Bertz CT molecular complexity index is 880. The highest BCUT2D eigenvalue weighted by molar-refractivity contribution is 6.06. The number of anilines is 2. The van der Waals surface area contributed by atoms with Crippen LogP contribution in [0.3, 0.4) is 0 Å². The molecule has 3 rings (SSSR count). The first-order valence-corrected chi connectivity index (χ1v) is 8.46. The van der Waals surface area contributed by atoms with Gasteiger partial charge in [0.25, 0.3) is 0 Å². The molecule has 1 atom stereocenters. The summed E-state index contributed by atoms with van der Waals surface area (Å²) in [7, 11) is 2.81. The molecule has 1 heterocycles. The Hall–Kier alpha value is -3.35. The lowest BCUT2D eigenvalue weighted by Crippen LogP contribution is -2.28. The summed E-state index contributed by atoms with van der Waals surface area (Å²) in [6.07, 6.45) is 0.0876. The first-order valence-electron chi connectivity index (χ1n) is 8.46. The molecule has 0 saturated carbocycles. The third-order valence-electron chi connectivity index (χ3n) is 4.46. The number of methoxy groups -OCH3 is 2. The summed E-state index contributed by atoms with van der Waals surface area (Å²) in [5.41, 5.74) is 1.26. The molecular weight excluding hydrogens is 348 g/mol. The van der Waals surface area contributed by atoms with Crippen LogP contribution >= 0.6 is 0 Å². The van der Waals surface area contributed by atoms with Crippen LogP contribution in [0.4, 0.5) is 11.4 Å². The van der Waals surface area contributed by atoms with Crippen molar-refractivity contribution in [3.8, 4) is 5.75 Å². The van der Waals surface area contributed by atoms with Crippen LogP contribution in [-0.2, 0) is 14.3 Å². The van der Waals surface area contributed by atoms with Crippen LogP contribution in [0.15, 0.2) is 48.5 Å². The smallest absolute Gasteiger partial charge is 0.339 e. The van der Waals surface area contributed by atoms with E-state index in [0.29, 0.717) is 17.1 Å². The molecule has 1 fully saturated rings. The minimum atomic E-state index is -0.538. The second-order valence-electron chi connectivity index (χ2n) is 6.10. The summed E-state index contributed by atoms with van der Waals surface area (Å²) in [6.45, 7) is 0.241. The van der Waals surface area contributed by atoms with E-state index in [1.54, 1.807) is 41.3 Å². The highest BCUT2D eigenvalue weighted by atomic mass is 16.5. The number of esters is 1. The van der Waals surface area contributed by atoms with Crippen molar-refractivity contribution in [3.63, 3.8) is 0 Å². The van der Waals surface area contributed by atoms with Gasteiger partial charge in [0, 0.05) is 13.0 Å². The Morgan fingerprint density at radius 3 is 2.52 bits per heavy atom. The third kappa shape index (κ3) is 3.76. The standard InChI is InChI=1S/C20H20N2O5/c1-26-17-10-6-5-9-16(17)22-12-13(11-18(22)23)19(24)21-15-8-4-3-7-14(15)20(25)27-2/h3-10,13H,11-12H2,1-2H3,(H,21,24)/t13-/m0/s1. The number of rotatable bonds is 5. The van der Waals surface area contributed by atoms with Crippen molar-refractivity contribution < 1.29 is 23.9 Å². The number of carbonyl (C=O) groups is 3. The van der Waals surface area contributed by atoms with Crippen LogP contribution < -0.4 is 15.0 Å². The summed E-state index contributed by atoms with van der Waals surface area (Å²) in [5, 5.41) is 2.74. The molecule has 2 aromatic rings. The Morgan fingerprint density at radius 1 is 1.07 bits per heavy atom. The predicted molar refractivity (Wildman–Crippen MR) is 99.9 cm³/mol. The normalized spacial score (nSPS) is 16.1. The Labute approximate surface area is 156 Å². The van der Waals surface area contributed by atoms with E-state index in [0.717, 1.165) is 0 Å². The van der Waals surface area contributed by atoms with E-state index in [2.05, 4.69) is 5.32 Å². The zero-order chi connectivity index (χ0) is 19.4. The molecule has 7 nitrogen and oxygen atoms in total. The van der Waals surface area contributed by atoms with Gasteiger partial charge in [0.15, 0.2) is 0 Å². The number of benzene rings is 2. The van der Waals surface area contributed by atoms with Gasteiger partial charge >= 0.3 is 5.97 Å². The van der Waals surface area contributed by atoms with Crippen LogP contribution in [0.5, 0.6) is 5.75 Å². The predicted octanol–water partition coefficient (Wildman–Crippen LogP) is 2.47. The zero-order valence-electron chi connectivity index (χ0n) is 15.1. The van der Waals surface area contributed by atoms with Gasteiger partial charge in [-0.3, -0.25) is 9.59 Å².